The van der Waals surface area contributed by atoms with Crippen molar-refractivity contribution in [3.8, 4) is 34.4 Å². The van der Waals surface area contributed by atoms with Crippen LogP contribution in [0.3, 0.4) is 0 Å². The molecule has 0 N–H and O–H groups in total. The number of hydrogen-bond donors (Lipinski definition) is 0. The van der Waals surface area contributed by atoms with Gasteiger partial charge in [0.1, 0.15) is 57.0 Å². The average Bonchev–Trinajstić information content (AvgIpc) is 3.95. The van der Waals surface area contributed by atoms with Gasteiger partial charge in [-0.25, -0.2) is 9.97 Å². The normalized spacial score (nSPS) is 17.0. The number of aromatic nitrogens is 6. The van der Waals surface area contributed by atoms with E-state index < -0.39 is 36.0 Å². The first-order valence-corrected chi connectivity index (χ1v) is 23.4. The molecule has 4 aliphatic rings. The van der Waals surface area contributed by atoms with Gasteiger partial charge in [0.2, 0.25) is 0 Å². The van der Waals surface area contributed by atoms with Gasteiger partial charge in [-0.15, -0.1) is 26.3 Å². The second-order valence-electron chi connectivity index (χ2n) is 19.3. The maximum absolute atomic E-state index is 13.5. The average molecular weight is 1060 g/mol. The molecule has 0 fully saturated rings. The molecule has 4 aromatic heterocycles. The number of halogens is 6. The van der Waals surface area contributed by atoms with Gasteiger partial charge in [0.15, 0.2) is 0 Å². The summed E-state index contributed by atoms with van der Waals surface area (Å²) in [6, 6.07) is 13.2. The molecule has 2 aromatic carbocycles. The van der Waals surface area contributed by atoms with Crippen molar-refractivity contribution in [3.05, 3.63) is 152 Å². The lowest BCUT2D eigenvalue weighted by atomic mass is 9.89. The second kappa shape index (κ2) is 20.2. The van der Waals surface area contributed by atoms with Crippen LogP contribution in [-0.2, 0) is 13.1 Å². The highest BCUT2D eigenvalue weighted by Crippen LogP contribution is 2.44. The van der Waals surface area contributed by atoms with E-state index in [1.54, 1.807) is 80.4 Å². The van der Waals surface area contributed by atoms with Gasteiger partial charge in [-0.3, -0.25) is 19.2 Å². The highest BCUT2D eigenvalue weighted by Gasteiger charge is 2.39. The fraction of sp³-hybridized carbons (Fsp3) is 0.370. The van der Waals surface area contributed by atoms with E-state index >= 15 is 0 Å². The van der Waals surface area contributed by atoms with Crippen molar-refractivity contribution in [2.45, 2.75) is 119 Å². The maximum atomic E-state index is 13.5. The van der Waals surface area contributed by atoms with Crippen LogP contribution in [0.5, 0.6) is 23.0 Å². The van der Waals surface area contributed by atoms with Crippen molar-refractivity contribution in [2.75, 3.05) is 13.1 Å². The molecule has 0 bridgehead atoms. The molecule has 10 rings (SSSR count). The molecule has 2 amide bonds. The van der Waals surface area contributed by atoms with E-state index in [4.69, 9.17) is 9.47 Å². The predicted octanol–water partition coefficient (Wildman–Crippen LogP) is 9.95. The molecule has 0 aliphatic carbocycles. The van der Waals surface area contributed by atoms with Crippen LogP contribution in [-0.4, -0.2) is 99.0 Å². The third kappa shape index (κ3) is 11.2. The molecular weight excluding hydrogens is 1000 g/mol. The van der Waals surface area contributed by atoms with Crippen molar-refractivity contribution in [2.24, 2.45) is 0 Å². The number of benzene rings is 2. The van der Waals surface area contributed by atoms with Crippen molar-refractivity contribution in [3.63, 3.8) is 0 Å². The Balaban J connectivity index is 0.000000216. The van der Waals surface area contributed by atoms with E-state index in [-0.39, 0.29) is 86.9 Å². The highest BCUT2D eigenvalue weighted by atomic mass is 19.4. The van der Waals surface area contributed by atoms with Gasteiger partial charge < -0.3 is 47.0 Å². The number of carbonyl (C=O) groups excluding carboxylic acids is 2. The molecule has 76 heavy (non-hydrogen) atoms. The summed E-state index contributed by atoms with van der Waals surface area (Å²) in [5.41, 5.74) is 2.75. The lowest BCUT2D eigenvalue weighted by Crippen LogP contribution is -2.49. The van der Waals surface area contributed by atoms with Crippen molar-refractivity contribution < 1.29 is 54.9 Å². The summed E-state index contributed by atoms with van der Waals surface area (Å²) < 4.78 is 103. The third-order valence-corrected chi connectivity index (χ3v) is 13.0. The van der Waals surface area contributed by atoms with Gasteiger partial charge in [0, 0.05) is 49.7 Å². The van der Waals surface area contributed by atoms with Crippen LogP contribution < -0.4 is 30.1 Å². The Morgan fingerprint density at radius 2 is 0.934 bits per heavy atom. The molecule has 2 atom stereocenters. The number of pyridine rings is 2. The number of nitrogens with zero attached hydrogens (tertiary/aromatic N) is 8. The van der Waals surface area contributed by atoms with Gasteiger partial charge in [0.25, 0.3) is 22.9 Å². The summed E-state index contributed by atoms with van der Waals surface area (Å²) in [5.74, 6) is -0.665. The molecule has 0 saturated carbocycles. The van der Waals surface area contributed by atoms with Crippen LogP contribution in [0.1, 0.15) is 99.9 Å². The Hall–Kier alpha value is -8.04. The highest BCUT2D eigenvalue weighted by molar-refractivity contribution is 5.96. The Labute approximate surface area is 434 Å². The van der Waals surface area contributed by atoms with Crippen LogP contribution >= 0.6 is 0 Å². The van der Waals surface area contributed by atoms with Gasteiger partial charge in [-0.05, 0) is 139 Å². The zero-order chi connectivity index (χ0) is 53.4. The van der Waals surface area contributed by atoms with Gasteiger partial charge >= 0.3 is 12.7 Å². The molecule has 6 aromatic rings. The van der Waals surface area contributed by atoms with E-state index in [9.17, 15) is 45.5 Å². The van der Waals surface area contributed by atoms with E-state index in [2.05, 4.69) is 19.4 Å². The van der Waals surface area contributed by atoms with E-state index in [1.165, 1.54) is 45.5 Å². The standard InChI is InChI=1S/2C26H25F3N4O4.2CH4/c2*1-15-13-31(14-30-15)20-6-7-21-24(35)32(9-10-33(21)23(20)34)16(2)19-12-25(3,4)37-22-8-5-17(11-18(19)22)36-26(27,28)29;;/h2*5-8,11-14,16H,9-10H2,1-4H3;2*1H4/t2*16-;;/m10../s1. The Morgan fingerprint density at radius 1 is 0.566 bits per heavy atom. The van der Waals surface area contributed by atoms with Crippen LogP contribution in [0.4, 0.5) is 26.3 Å². The van der Waals surface area contributed by atoms with E-state index in [0.717, 1.165) is 11.4 Å². The van der Waals surface area contributed by atoms with Crippen LogP contribution in [0.15, 0.2) is 107 Å². The fourth-order valence-corrected chi connectivity index (χ4v) is 9.70. The number of amides is 2. The van der Waals surface area contributed by atoms with Crippen molar-refractivity contribution in [1.29, 1.82) is 0 Å². The molecular formula is C54H58F6N8O8. The first-order valence-electron chi connectivity index (χ1n) is 23.4. The minimum absolute atomic E-state index is 0. The molecule has 0 saturated heterocycles. The van der Waals surface area contributed by atoms with E-state index in [0.29, 0.717) is 45.1 Å². The second-order valence-corrected chi connectivity index (χ2v) is 19.3. The molecule has 4 aliphatic heterocycles. The van der Waals surface area contributed by atoms with Crippen molar-refractivity contribution in [1.82, 2.24) is 38.0 Å². The molecule has 16 nitrogen and oxygen atoms in total. The van der Waals surface area contributed by atoms with E-state index in [1.807, 2.05) is 55.4 Å². The van der Waals surface area contributed by atoms with Crippen LogP contribution in [0, 0.1) is 13.8 Å². The van der Waals surface area contributed by atoms with Gasteiger partial charge in [-0.1, -0.05) is 14.9 Å². The first kappa shape index (κ1) is 55.7. The molecule has 8 heterocycles. The summed E-state index contributed by atoms with van der Waals surface area (Å²) in [6.07, 6.45) is 0.483. The minimum Gasteiger partial charge on any atom is -0.483 e. The lowest BCUT2D eigenvalue weighted by molar-refractivity contribution is -0.275. The number of carbonyl (C=O) groups is 2. The fourth-order valence-electron chi connectivity index (χ4n) is 9.70. The number of aryl methyl sites for hydroxylation is 2. The molecule has 0 unspecified atom stereocenters. The predicted molar refractivity (Wildman–Crippen MR) is 271 cm³/mol. The summed E-state index contributed by atoms with van der Waals surface area (Å²) in [6.45, 7) is 15.6. The summed E-state index contributed by atoms with van der Waals surface area (Å²) in [4.78, 5) is 65.0. The molecule has 22 heteroatoms. The topological polar surface area (TPSA) is 157 Å². The Morgan fingerprint density at radius 3 is 1.26 bits per heavy atom. The van der Waals surface area contributed by atoms with Crippen LogP contribution in [0.25, 0.3) is 22.5 Å². The van der Waals surface area contributed by atoms with Gasteiger partial charge in [0.05, 0.1) is 36.1 Å². The zero-order valence-corrected chi connectivity index (χ0v) is 41.3. The zero-order valence-electron chi connectivity index (χ0n) is 41.3. The SMILES string of the molecule is C.C.Cc1cn(-c2ccc3n(c2=O)CCN([C@@H](C)C2=CC(C)(C)Oc4ccc(OC(F)(F)F)cc42)C3=O)cn1.Cc1cn(-c2ccc3n(c2=O)CCN([C@H](C)C2=CC(C)(C)Oc4ccc(OC(F)(F)F)cc42)C3=O)cn1. The Kier molecular flexibility index (Phi) is 14.8. The summed E-state index contributed by atoms with van der Waals surface area (Å²) >= 11 is 0. The summed E-state index contributed by atoms with van der Waals surface area (Å²) in [5, 5.41) is 0. The Bertz CT molecular complexity index is 3200. The minimum atomic E-state index is -4.84. The summed E-state index contributed by atoms with van der Waals surface area (Å²) in [7, 11) is 0. The number of rotatable bonds is 8. The number of ether oxygens (including phenoxy) is 4. The first-order chi connectivity index (χ1) is 34.7. The number of fused-ring (bicyclic) bond motifs is 4. The number of hydrogen-bond acceptors (Lipinski definition) is 10. The quantitative estimate of drug-likeness (QED) is 0.134. The molecule has 0 spiro atoms. The van der Waals surface area contributed by atoms with Gasteiger partial charge in [-0.2, -0.15) is 0 Å². The lowest BCUT2D eigenvalue weighted by Gasteiger charge is -2.39. The molecule has 404 valence electrons. The third-order valence-electron chi connectivity index (χ3n) is 13.0. The number of imidazole rings is 2. The smallest absolute Gasteiger partial charge is 0.483 e. The maximum Gasteiger partial charge on any atom is 0.573 e. The largest absolute Gasteiger partial charge is 0.573 e. The van der Waals surface area contributed by atoms with Crippen molar-refractivity contribution >= 4 is 23.0 Å². The monoisotopic (exact) mass is 1060 g/mol. The number of alkyl halides is 6. The van der Waals surface area contributed by atoms with Crippen LogP contribution in [0.2, 0.25) is 0 Å². The molecule has 0 radical (unpaired) electrons.